The van der Waals surface area contributed by atoms with E-state index < -0.39 is 18.3 Å². The van der Waals surface area contributed by atoms with E-state index in [0.717, 1.165) is 0 Å². The number of hydrogen-bond donors (Lipinski definition) is 0. The molecule has 0 aliphatic carbocycles. The molecule has 0 aliphatic rings. The van der Waals surface area contributed by atoms with E-state index in [2.05, 4.69) is 4.12 Å². The third kappa shape index (κ3) is 18.0. The quantitative estimate of drug-likeness (QED) is 0.426. The van der Waals surface area contributed by atoms with Crippen LogP contribution in [0, 0.1) is 0 Å². The molecule has 5 nitrogen and oxygen atoms in total. The SMILES string of the molecule is O=[Si]([O-])O[Si](=O)[O-].[K+].[K+]. The predicted octanol–water partition coefficient (Wildman–Crippen LogP) is -9.44. The van der Waals surface area contributed by atoms with Crippen LogP contribution >= 0.6 is 0 Å². The molecule has 0 unspecified atom stereocenters. The van der Waals surface area contributed by atoms with Crippen LogP contribution in [0.1, 0.15) is 0 Å². The zero-order valence-corrected chi connectivity index (χ0v) is 13.3. The minimum absolute atomic E-state index is 0. The third-order valence-electron chi connectivity index (χ3n) is 0.167. The molecule has 0 saturated carbocycles. The van der Waals surface area contributed by atoms with E-state index in [1.54, 1.807) is 0 Å². The summed E-state index contributed by atoms with van der Waals surface area (Å²) in [5, 5.41) is 0. The van der Waals surface area contributed by atoms with Crippen LogP contribution in [0.15, 0.2) is 0 Å². The Kier molecular flexibility index (Phi) is 21.1. The van der Waals surface area contributed by atoms with Crippen molar-refractivity contribution in [2.24, 2.45) is 0 Å². The first-order valence-electron chi connectivity index (χ1n) is 1.22. The predicted molar refractivity (Wildman–Crippen MR) is 14.0 cm³/mol. The van der Waals surface area contributed by atoms with E-state index >= 15 is 0 Å². The van der Waals surface area contributed by atoms with Crippen LogP contribution in [-0.2, 0) is 13.0 Å². The summed E-state index contributed by atoms with van der Waals surface area (Å²) in [5.74, 6) is 0. The van der Waals surface area contributed by atoms with E-state index in [9.17, 15) is 18.5 Å². The molecule has 0 heterocycles. The first kappa shape index (κ1) is 17.7. The van der Waals surface area contributed by atoms with Gasteiger partial charge in [-0.1, -0.05) is 0 Å². The summed E-state index contributed by atoms with van der Waals surface area (Å²) in [6, 6.07) is 0. The molecule has 0 aliphatic heterocycles. The monoisotopic (exact) mass is 214 g/mol. The zero-order valence-electron chi connectivity index (χ0n) is 5.04. The third-order valence-corrected chi connectivity index (χ3v) is 1.50. The van der Waals surface area contributed by atoms with Crippen LogP contribution in [0.2, 0.25) is 0 Å². The second kappa shape index (κ2) is 10.7. The first-order valence-corrected chi connectivity index (χ1v) is 3.67. The molecule has 0 amide bonds. The molecular formula is K2O5Si2. The Morgan fingerprint density at radius 1 is 1.00 bits per heavy atom. The smallest absolute Gasteiger partial charge is 0.570 e. The molecule has 9 heteroatoms. The van der Waals surface area contributed by atoms with Gasteiger partial charge in [-0.15, -0.1) is 0 Å². The van der Waals surface area contributed by atoms with Crippen molar-refractivity contribution in [3.05, 3.63) is 0 Å². The van der Waals surface area contributed by atoms with Gasteiger partial charge in [0, 0.05) is 0 Å². The Morgan fingerprint density at radius 3 is 1.22 bits per heavy atom. The molecule has 0 aromatic heterocycles. The first-order chi connectivity index (χ1) is 3.13. The Hall–Kier alpha value is 2.71. The summed E-state index contributed by atoms with van der Waals surface area (Å²) in [7, 11) is -7.03. The average molecular weight is 214 g/mol. The van der Waals surface area contributed by atoms with Crippen molar-refractivity contribution in [1.82, 2.24) is 0 Å². The maximum Gasteiger partial charge on any atom is 1.00 e. The molecule has 0 rings (SSSR count). The maximum absolute atomic E-state index is 9.29. The van der Waals surface area contributed by atoms with Crippen molar-refractivity contribution in [2.75, 3.05) is 0 Å². The van der Waals surface area contributed by atoms with Crippen LogP contribution in [0.3, 0.4) is 0 Å². The second-order valence-electron chi connectivity index (χ2n) is 0.602. The molecule has 0 atom stereocenters. The molecule has 0 aromatic carbocycles. The largest absolute Gasteiger partial charge is 1.00 e. The van der Waals surface area contributed by atoms with Crippen molar-refractivity contribution in [3.8, 4) is 0 Å². The molecular weight excluding hydrogens is 214 g/mol. The van der Waals surface area contributed by atoms with Gasteiger partial charge in [-0.2, -0.15) is 0 Å². The zero-order chi connectivity index (χ0) is 5.86. The molecule has 0 radical (unpaired) electrons. The molecule has 0 N–H and O–H groups in total. The van der Waals surface area contributed by atoms with Crippen LogP contribution in [-0.4, -0.2) is 18.3 Å². The molecule has 0 saturated heterocycles. The Morgan fingerprint density at radius 2 is 1.22 bits per heavy atom. The Balaban J connectivity index is -0.000000180. The Bertz CT molecular complexity index is 89.1. The van der Waals surface area contributed by atoms with E-state index in [1.807, 2.05) is 0 Å². The fourth-order valence-electron chi connectivity index (χ4n) is 0.0680. The summed E-state index contributed by atoms with van der Waals surface area (Å²) in [6.07, 6.45) is 0. The standard InChI is InChI=1S/2K.O5Si2/c;;1-6(2)5-7(3)4/q2*+1;-2. The molecule has 0 aromatic rings. The summed E-state index contributed by atoms with van der Waals surface area (Å²) in [6.45, 7) is 0. The van der Waals surface area contributed by atoms with Crippen LogP contribution in [0.25, 0.3) is 0 Å². The summed E-state index contributed by atoms with van der Waals surface area (Å²) in [5.41, 5.74) is 0. The van der Waals surface area contributed by atoms with Gasteiger partial charge in [0.1, 0.15) is 0 Å². The van der Waals surface area contributed by atoms with Gasteiger partial charge in [-0.3, -0.25) is 0 Å². The summed E-state index contributed by atoms with van der Waals surface area (Å²) < 4.78 is 21.8. The van der Waals surface area contributed by atoms with Gasteiger partial charge in [0.05, 0.1) is 0 Å². The van der Waals surface area contributed by atoms with Gasteiger partial charge in [0.25, 0.3) is 0 Å². The van der Waals surface area contributed by atoms with Gasteiger partial charge in [0.15, 0.2) is 0 Å². The normalized spacial score (nSPS) is 5.78. The van der Waals surface area contributed by atoms with Crippen molar-refractivity contribution in [3.63, 3.8) is 0 Å². The second-order valence-corrected chi connectivity index (χ2v) is 2.42. The van der Waals surface area contributed by atoms with E-state index in [1.165, 1.54) is 0 Å². The van der Waals surface area contributed by atoms with Crippen LogP contribution in [0.4, 0.5) is 0 Å². The molecule has 9 heavy (non-hydrogen) atoms. The van der Waals surface area contributed by atoms with Gasteiger partial charge < -0.3 is 22.6 Å². The van der Waals surface area contributed by atoms with E-state index in [-0.39, 0.29) is 103 Å². The van der Waals surface area contributed by atoms with E-state index in [4.69, 9.17) is 0 Å². The maximum atomic E-state index is 9.29. The average Bonchev–Trinajstić information content (AvgIpc) is 1.27. The minimum Gasteiger partial charge on any atom is -0.570 e. The topological polar surface area (TPSA) is 89.5 Å². The van der Waals surface area contributed by atoms with Crippen LogP contribution < -0.4 is 112 Å². The van der Waals surface area contributed by atoms with Gasteiger partial charge in [-0.25, -0.2) is 0 Å². The van der Waals surface area contributed by atoms with Crippen molar-refractivity contribution >= 4 is 18.3 Å². The van der Waals surface area contributed by atoms with Gasteiger partial charge in [0.2, 0.25) is 0 Å². The van der Waals surface area contributed by atoms with Crippen molar-refractivity contribution in [1.29, 1.82) is 0 Å². The van der Waals surface area contributed by atoms with Crippen LogP contribution in [0.5, 0.6) is 0 Å². The van der Waals surface area contributed by atoms with E-state index in [0.29, 0.717) is 0 Å². The molecule has 0 spiro atoms. The number of hydrogen-bond acceptors (Lipinski definition) is 5. The van der Waals surface area contributed by atoms with Gasteiger partial charge in [-0.05, 0) is 0 Å². The Labute approximate surface area is 140 Å². The molecule has 0 fully saturated rings. The summed E-state index contributed by atoms with van der Waals surface area (Å²) in [4.78, 5) is 18.6. The fraction of sp³-hybridized carbons (Fsp3) is 0. The molecule has 40 valence electrons. The minimum atomic E-state index is -3.51. The fourth-order valence-corrected chi connectivity index (χ4v) is 0.612. The van der Waals surface area contributed by atoms with Crippen molar-refractivity contribution in [2.45, 2.75) is 0 Å². The summed E-state index contributed by atoms with van der Waals surface area (Å²) >= 11 is 0. The number of rotatable bonds is 2. The van der Waals surface area contributed by atoms with Crippen molar-refractivity contribution < 1.29 is 125 Å². The molecule has 0 bridgehead atoms. The van der Waals surface area contributed by atoms with Gasteiger partial charge >= 0.3 is 121 Å².